The van der Waals surface area contributed by atoms with E-state index in [0.29, 0.717) is 38.5 Å². The highest BCUT2D eigenvalue weighted by Gasteiger charge is 2.42. The van der Waals surface area contributed by atoms with E-state index in [0.717, 1.165) is 0 Å². The second kappa shape index (κ2) is 6.37. The smallest absolute Gasteiger partial charge is 0.274 e. The van der Waals surface area contributed by atoms with E-state index >= 15 is 0 Å². The lowest BCUT2D eigenvalue weighted by Gasteiger charge is -2.35. The lowest BCUT2D eigenvalue weighted by Crippen LogP contribution is -2.53. The van der Waals surface area contributed by atoms with Gasteiger partial charge in [0, 0.05) is 39.1 Å². The number of rotatable bonds is 3. The largest absolute Gasteiger partial charge is 0.373 e. The Labute approximate surface area is 128 Å². The number of amides is 2. The summed E-state index contributed by atoms with van der Waals surface area (Å²) < 4.78 is 5.76. The quantitative estimate of drug-likeness (QED) is 0.750. The Hall–Kier alpha value is -2.06. The van der Waals surface area contributed by atoms with Crippen molar-refractivity contribution in [3.05, 3.63) is 24.3 Å². The minimum atomic E-state index is -0.147. The van der Waals surface area contributed by atoms with Gasteiger partial charge in [-0.05, 0) is 0 Å². The Morgan fingerprint density at radius 3 is 3.00 bits per heavy atom. The summed E-state index contributed by atoms with van der Waals surface area (Å²) in [5.74, 6) is -0.176. The number of likely N-dealkylation sites (N-methyl/N-ethyl adjacent to an activating group) is 1. The van der Waals surface area contributed by atoms with E-state index < -0.39 is 0 Å². The molecule has 3 rings (SSSR count). The first-order valence-electron chi connectivity index (χ1n) is 7.30. The standard InChI is InChI=1S/C14H19N5O3/c1-15-13(20)9-18-4-5-22-12-8-19(7-11(12)18)14(21)10-6-16-2-3-17-10/h2-3,6,11-12H,4-5,7-9H2,1H3,(H,15,20)/t11-,12+/m0/s1. The van der Waals surface area contributed by atoms with Gasteiger partial charge in [0.2, 0.25) is 5.91 Å². The minimum Gasteiger partial charge on any atom is -0.373 e. The van der Waals surface area contributed by atoms with Gasteiger partial charge >= 0.3 is 0 Å². The number of likely N-dealkylation sites (tertiary alicyclic amines) is 1. The Balaban J connectivity index is 1.69. The van der Waals surface area contributed by atoms with E-state index in [1.807, 2.05) is 0 Å². The number of carbonyl (C=O) groups is 2. The predicted octanol–water partition coefficient (Wildman–Crippen LogP) is -1.25. The molecule has 0 radical (unpaired) electrons. The maximum atomic E-state index is 12.4. The highest BCUT2D eigenvalue weighted by Crippen LogP contribution is 2.23. The number of ether oxygens (including phenoxy) is 1. The molecular formula is C14H19N5O3. The van der Waals surface area contributed by atoms with Gasteiger partial charge in [0.25, 0.3) is 5.91 Å². The molecule has 118 valence electrons. The Kier molecular flexibility index (Phi) is 4.30. The molecule has 2 saturated heterocycles. The minimum absolute atomic E-state index is 0.0284. The molecule has 22 heavy (non-hydrogen) atoms. The SMILES string of the molecule is CNC(=O)CN1CCO[C@@H]2CN(C(=O)c3cnccn3)C[C@@H]21. The number of carbonyl (C=O) groups excluding carboxylic acids is 2. The third-order valence-corrected chi connectivity index (χ3v) is 4.11. The highest BCUT2D eigenvalue weighted by molar-refractivity contribution is 5.92. The third kappa shape index (κ3) is 2.93. The molecule has 2 amide bonds. The summed E-state index contributed by atoms with van der Waals surface area (Å²) in [5.41, 5.74) is 0.332. The number of morpholine rings is 1. The molecule has 0 unspecified atom stereocenters. The van der Waals surface area contributed by atoms with Crippen molar-refractivity contribution < 1.29 is 14.3 Å². The van der Waals surface area contributed by atoms with Crippen LogP contribution in [0.5, 0.6) is 0 Å². The molecule has 2 aliphatic rings. The molecule has 2 atom stereocenters. The molecule has 0 spiro atoms. The molecule has 8 nitrogen and oxygen atoms in total. The average Bonchev–Trinajstić information content (AvgIpc) is 3.00. The van der Waals surface area contributed by atoms with Crippen molar-refractivity contribution in [1.29, 1.82) is 0 Å². The van der Waals surface area contributed by atoms with Crippen molar-refractivity contribution in [3.63, 3.8) is 0 Å². The fourth-order valence-corrected chi connectivity index (χ4v) is 2.96. The van der Waals surface area contributed by atoms with E-state index in [1.165, 1.54) is 18.6 Å². The van der Waals surface area contributed by atoms with E-state index in [4.69, 9.17) is 4.74 Å². The number of fused-ring (bicyclic) bond motifs is 1. The normalized spacial score (nSPS) is 24.9. The second-order valence-electron chi connectivity index (χ2n) is 5.42. The zero-order valence-corrected chi connectivity index (χ0v) is 12.4. The summed E-state index contributed by atoms with van der Waals surface area (Å²) in [5, 5.41) is 2.63. The molecule has 3 heterocycles. The van der Waals surface area contributed by atoms with Crippen molar-refractivity contribution in [3.8, 4) is 0 Å². The molecular weight excluding hydrogens is 286 g/mol. The maximum absolute atomic E-state index is 12.4. The zero-order valence-electron chi connectivity index (χ0n) is 12.4. The monoisotopic (exact) mass is 305 g/mol. The predicted molar refractivity (Wildman–Crippen MR) is 77.1 cm³/mol. The van der Waals surface area contributed by atoms with E-state index in [-0.39, 0.29) is 24.0 Å². The van der Waals surface area contributed by atoms with Crippen LogP contribution in [0.25, 0.3) is 0 Å². The van der Waals surface area contributed by atoms with Gasteiger partial charge in [-0.1, -0.05) is 0 Å². The van der Waals surface area contributed by atoms with Gasteiger partial charge in [0.1, 0.15) is 5.69 Å². The summed E-state index contributed by atoms with van der Waals surface area (Å²) >= 11 is 0. The molecule has 1 aromatic heterocycles. The van der Waals surface area contributed by atoms with Crippen LogP contribution in [0.4, 0.5) is 0 Å². The highest BCUT2D eigenvalue weighted by atomic mass is 16.5. The van der Waals surface area contributed by atoms with Crippen molar-refractivity contribution in [1.82, 2.24) is 25.1 Å². The average molecular weight is 305 g/mol. The van der Waals surface area contributed by atoms with Gasteiger partial charge in [0.15, 0.2) is 0 Å². The second-order valence-corrected chi connectivity index (χ2v) is 5.42. The number of aromatic nitrogens is 2. The Morgan fingerprint density at radius 2 is 2.27 bits per heavy atom. The first-order chi connectivity index (χ1) is 10.7. The molecule has 2 aliphatic heterocycles. The number of nitrogens with zero attached hydrogens (tertiary/aromatic N) is 4. The van der Waals surface area contributed by atoms with Gasteiger partial charge in [0.05, 0.1) is 31.5 Å². The van der Waals surface area contributed by atoms with Crippen LogP contribution < -0.4 is 5.32 Å². The van der Waals surface area contributed by atoms with Crippen LogP contribution in [0.15, 0.2) is 18.6 Å². The van der Waals surface area contributed by atoms with Crippen LogP contribution in [-0.2, 0) is 9.53 Å². The molecule has 1 aromatic rings. The topological polar surface area (TPSA) is 87.7 Å². The van der Waals surface area contributed by atoms with Gasteiger partial charge in [-0.3, -0.25) is 19.5 Å². The van der Waals surface area contributed by atoms with Gasteiger partial charge in [-0.25, -0.2) is 4.98 Å². The molecule has 0 saturated carbocycles. The summed E-state index contributed by atoms with van der Waals surface area (Å²) in [6, 6.07) is 0.0478. The summed E-state index contributed by atoms with van der Waals surface area (Å²) in [7, 11) is 1.62. The molecule has 1 N–H and O–H groups in total. The van der Waals surface area contributed by atoms with Crippen LogP contribution in [0.2, 0.25) is 0 Å². The van der Waals surface area contributed by atoms with Crippen molar-refractivity contribution in [2.45, 2.75) is 12.1 Å². The van der Waals surface area contributed by atoms with Crippen molar-refractivity contribution >= 4 is 11.8 Å². The molecule has 0 aliphatic carbocycles. The fraction of sp³-hybridized carbons (Fsp3) is 0.571. The summed E-state index contributed by atoms with van der Waals surface area (Å²) in [6.07, 6.45) is 4.45. The van der Waals surface area contributed by atoms with Crippen LogP contribution >= 0.6 is 0 Å². The first-order valence-corrected chi connectivity index (χ1v) is 7.30. The summed E-state index contributed by atoms with van der Waals surface area (Å²) in [6.45, 7) is 2.66. The van der Waals surface area contributed by atoms with Crippen LogP contribution in [0.3, 0.4) is 0 Å². The Morgan fingerprint density at radius 1 is 1.41 bits per heavy atom. The number of hydrogen-bond acceptors (Lipinski definition) is 6. The van der Waals surface area contributed by atoms with Crippen LogP contribution in [-0.4, -0.2) is 83.6 Å². The lowest BCUT2D eigenvalue weighted by molar-refractivity contribution is -0.125. The fourth-order valence-electron chi connectivity index (χ4n) is 2.96. The van der Waals surface area contributed by atoms with Gasteiger partial charge in [-0.2, -0.15) is 0 Å². The molecule has 0 aromatic carbocycles. The summed E-state index contributed by atoms with van der Waals surface area (Å²) in [4.78, 5) is 35.8. The third-order valence-electron chi connectivity index (χ3n) is 4.11. The molecule has 0 bridgehead atoms. The van der Waals surface area contributed by atoms with Crippen LogP contribution in [0, 0.1) is 0 Å². The molecule has 2 fully saturated rings. The molecule has 8 heteroatoms. The van der Waals surface area contributed by atoms with E-state index in [1.54, 1.807) is 11.9 Å². The number of nitrogens with one attached hydrogen (secondary N) is 1. The van der Waals surface area contributed by atoms with E-state index in [9.17, 15) is 9.59 Å². The van der Waals surface area contributed by atoms with Gasteiger partial charge < -0.3 is 15.0 Å². The van der Waals surface area contributed by atoms with Crippen molar-refractivity contribution in [2.75, 3.05) is 39.8 Å². The van der Waals surface area contributed by atoms with Crippen LogP contribution in [0.1, 0.15) is 10.5 Å². The zero-order chi connectivity index (χ0) is 15.5. The Bertz CT molecular complexity index is 553. The number of hydrogen-bond donors (Lipinski definition) is 1. The van der Waals surface area contributed by atoms with E-state index in [2.05, 4.69) is 20.2 Å². The van der Waals surface area contributed by atoms with Gasteiger partial charge in [-0.15, -0.1) is 0 Å². The maximum Gasteiger partial charge on any atom is 0.274 e. The first kappa shape index (κ1) is 14.9. The van der Waals surface area contributed by atoms with Crippen molar-refractivity contribution in [2.24, 2.45) is 0 Å². The lowest BCUT2D eigenvalue weighted by atomic mass is 10.1.